The van der Waals surface area contributed by atoms with Gasteiger partial charge in [0, 0.05) is 30.0 Å². The summed E-state index contributed by atoms with van der Waals surface area (Å²) in [5, 5.41) is 9.69. The van der Waals surface area contributed by atoms with E-state index >= 15 is 4.39 Å². The molecule has 1 aliphatic carbocycles. The molecule has 1 N–H and O–H groups in total. The second kappa shape index (κ2) is 8.70. The van der Waals surface area contributed by atoms with Crippen molar-refractivity contribution in [3.63, 3.8) is 0 Å². The van der Waals surface area contributed by atoms with Crippen LogP contribution in [-0.2, 0) is 26.0 Å². The second-order valence-corrected chi connectivity index (χ2v) is 11.8. The van der Waals surface area contributed by atoms with Gasteiger partial charge < -0.3 is 9.64 Å². The minimum Gasteiger partial charge on any atom is -0.352 e. The lowest BCUT2D eigenvalue weighted by molar-refractivity contribution is -0.172. The number of nitriles is 1. The number of nitrogens with one attached hydrogen (secondary N) is 1. The van der Waals surface area contributed by atoms with Crippen molar-refractivity contribution in [1.82, 2.24) is 9.62 Å². The zero-order chi connectivity index (χ0) is 24.8. The fourth-order valence-corrected chi connectivity index (χ4v) is 6.31. The van der Waals surface area contributed by atoms with E-state index in [9.17, 15) is 18.5 Å². The first-order valence-corrected chi connectivity index (χ1v) is 13.6. The molecule has 1 amide bonds. The summed E-state index contributed by atoms with van der Waals surface area (Å²) in [6.45, 7) is 2.20. The average molecular weight is 498 g/mol. The Morgan fingerprint density at radius 1 is 1.20 bits per heavy atom. The first kappa shape index (κ1) is 23.9. The molecule has 2 aromatic rings. The molecule has 184 valence electrons. The molecule has 0 aromatic heterocycles. The quantitative estimate of drug-likeness (QED) is 0.634. The molecule has 0 radical (unpaired) electrons. The molecule has 1 spiro atoms. The van der Waals surface area contributed by atoms with Gasteiger partial charge >= 0.3 is 0 Å². The lowest BCUT2D eigenvalue weighted by Gasteiger charge is -2.39. The van der Waals surface area contributed by atoms with Crippen LogP contribution in [0.1, 0.15) is 31.7 Å². The molecule has 35 heavy (non-hydrogen) atoms. The van der Waals surface area contributed by atoms with E-state index in [1.54, 1.807) is 30.0 Å². The molecule has 3 aliphatic rings. The van der Waals surface area contributed by atoms with Gasteiger partial charge in [0.2, 0.25) is 15.6 Å². The maximum absolute atomic E-state index is 15.7. The first-order valence-electron chi connectivity index (χ1n) is 11.9. The Morgan fingerprint density at radius 2 is 1.91 bits per heavy atom. The summed E-state index contributed by atoms with van der Waals surface area (Å²) >= 11 is 0. The molecule has 0 bridgehead atoms. The van der Waals surface area contributed by atoms with Crippen molar-refractivity contribution in [2.75, 3.05) is 18.9 Å². The Morgan fingerprint density at radius 3 is 2.49 bits per heavy atom. The van der Waals surface area contributed by atoms with E-state index < -0.39 is 44.8 Å². The van der Waals surface area contributed by atoms with Gasteiger partial charge in [-0.2, -0.15) is 5.26 Å². The van der Waals surface area contributed by atoms with Crippen molar-refractivity contribution < 1.29 is 22.3 Å². The maximum atomic E-state index is 15.7. The molecule has 2 heterocycles. The van der Waals surface area contributed by atoms with E-state index in [4.69, 9.17) is 4.74 Å². The predicted molar refractivity (Wildman–Crippen MR) is 128 cm³/mol. The Bertz CT molecular complexity index is 1280. The van der Waals surface area contributed by atoms with Crippen molar-refractivity contribution in [2.24, 2.45) is 5.41 Å². The topological polar surface area (TPSA) is 99.5 Å². The number of ether oxygens (including phenoxy) is 1. The number of rotatable bonds is 7. The summed E-state index contributed by atoms with van der Waals surface area (Å²) in [5.41, 5.74) is -0.373. The number of carbonyl (C=O) groups excluding carboxylic acids is 1. The number of carbonyl (C=O) groups is 1. The van der Waals surface area contributed by atoms with E-state index in [2.05, 4.69) is 4.72 Å². The Labute approximate surface area is 204 Å². The number of nitrogens with zero attached hydrogens (tertiary/aromatic N) is 2. The highest BCUT2D eigenvalue weighted by atomic mass is 32.2. The second-order valence-electron chi connectivity index (χ2n) is 9.75. The van der Waals surface area contributed by atoms with Gasteiger partial charge in [-0.3, -0.25) is 4.79 Å². The summed E-state index contributed by atoms with van der Waals surface area (Å²) in [6, 6.07) is 15.2. The molecule has 9 heteroatoms. The number of benzene rings is 2. The highest BCUT2D eigenvalue weighted by molar-refractivity contribution is 7.89. The zero-order valence-corrected chi connectivity index (χ0v) is 20.4. The van der Waals surface area contributed by atoms with Crippen LogP contribution >= 0.6 is 0 Å². The van der Waals surface area contributed by atoms with Gasteiger partial charge in [-0.1, -0.05) is 48.5 Å². The summed E-state index contributed by atoms with van der Waals surface area (Å²) < 4.78 is 49.2. The molecular weight excluding hydrogens is 469 g/mol. The number of amides is 1. The van der Waals surface area contributed by atoms with E-state index in [1.165, 1.54) is 0 Å². The van der Waals surface area contributed by atoms with Crippen molar-refractivity contribution >= 4 is 15.9 Å². The molecule has 2 saturated heterocycles. The van der Waals surface area contributed by atoms with Crippen LogP contribution in [0.15, 0.2) is 48.5 Å². The van der Waals surface area contributed by atoms with Crippen molar-refractivity contribution in [1.29, 1.82) is 5.26 Å². The van der Waals surface area contributed by atoms with E-state index in [0.29, 0.717) is 30.7 Å². The van der Waals surface area contributed by atoms with Gasteiger partial charge in [0.25, 0.3) is 5.91 Å². The number of hydrogen-bond acceptors (Lipinski definition) is 5. The normalized spacial score (nSPS) is 26.8. The summed E-state index contributed by atoms with van der Waals surface area (Å²) in [6.07, 6.45) is 1.94. The average Bonchev–Trinajstić information content (AvgIpc) is 3.55. The van der Waals surface area contributed by atoms with E-state index in [1.807, 2.05) is 36.4 Å². The van der Waals surface area contributed by atoms with Crippen LogP contribution in [0.3, 0.4) is 0 Å². The molecule has 7 nitrogen and oxygen atoms in total. The van der Waals surface area contributed by atoms with Crippen LogP contribution in [0.5, 0.6) is 0 Å². The summed E-state index contributed by atoms with van der Waals surface area (Å²) in [5.74, 6) is -0.946. The highest BCUT2D eigenvalue weighted by Gasteiger charge is 2.64. The van der Waals surface area contributed by atoms with E-state index in [-0.39, 0.29) is 12.2 Å². The SMILES string of the molecule is CCS(=O)(=O)N[C@@H]1[C@H](Cc2cccc(-c3ccccc3)c2F)N(C(=O)C2(C#N)CCO2)CC12CC2. The van der Waals surface area contributed by atoms with Crippen molar-refractivity contribution in [3.05, 3.63) is 59.9 Å². The lowest BCUT2D eigenvalue weighted by atomic mass is 9.90. The molecule has 2 aromatic carbocycles. The van der Waals surface area contributed by atoms with Gasteiger partial charge in [-0.05, 0) is 37.3 Å². The number of hydrogen-bond donors (Lipinski definition) is 1. The van der Waals surface area contributed by atoms with Gasteiger partial charge in [0.1, 0.15) is 11.9 Å². The first-order chi connectivity index (χ1) is 16.7. The summed E-state index contributed by atoms with van der Waals surface area (Å²) in [4.78, 5) is 15.1. The van der Waals surface area contributed by atoms with Gasteiger partial charge in [-0.15, -0.1) is 0 Å². The van der Waals surface area contributed by atoms with Crippen LogP contribution in [0.2, 0.25) is 0 Å². The minimum atomic E-state index is -3.58. The molecule has 5 rings (SSSR count). The van der Waals surface area contributed by atoms with Crippen LogP contribution in [0.25, 0.3) is 11.1 Å². The third-order valence-electron chi connectivity index (χ3n) is 7.69. The van der Waals surface area contributed by atoms with Gasteiger partial charge in [0.15, 0.2) is 0 Å². The molecule has 1 unspecified atom stereocenters. The monoisotopic (exact) mass is 497 g/mol. The zero-order valence-electron chi connectivity index (χ0n) is 19.5. The molecule has 2 aliphatic heterocycles. The largest absolute Gasteiger partial charge is 0.352 e. The third-order valence-corrected chi connectivity index (χ3v) is 9.06. The van der Waals surface area contributed by atoms with Crippen LogP contribution in [0.4, 0.5) is 4.39 Å². The molecular formula is C26H28FN3O4S. The Kier molecular flexibility index (Phi) is 5.94. The predicted octanol–water partition coefficient (Wildman–Crippen LogP) is 3.02. The minimum absolute atomic E-state index is 0.0939. The molecule has 3 fully saturated rings. The van der Waals surface area contributed by atoms with Crippen molar-refractivity contribution in [3.8, 4) is 17.2 Å². The number of halogens is 1. The lowest BCUT2D eigenvalue weighted by Crippen LogP contribution is -2.59. The van der Waals surface area contributed by atoms with Gasteiger partial charge in [0.05, 0.1) is 18.4 Å². The smallest absolute Gasteiger partial charge is 0.270 e. The Hall–Kier alpha value is -2.80. The van der Waals surface area contributed by atoms with Gasteiger partial charge in [-0.25, -0.2) is 17.5 Å². The third kappa shape index (κ3) is 4.14. The van der Waals surface area contributed by atoms with Crippen LogP contribution < -0.4 is 4.72 Å². The number of likely N-dealkylation sites (tertiary alicyclic amines) is 1. The Balaban J connectivity index is 1.54. The number of sulfonamides is 1. The highest BCUT2D eigenvalue weighted by Crippen LogP contribution is 2.56. The maximum Gasteiger partial charge on any atom is 0.270 e. The van der Waals surface area contributed by atoms with Crippen LogP contribution in [0, 0.1) is 22.6 Å². The molecule has 3 atom stereocenters. The fraction of sp³-hybridized carbons (Fsp3) is 0.462. The van der Waals surface area contributed by atoms with Crippen molar-refractivity contribution in [2.45, 2.75) is 50.3 Å². The standard InChI is InChI=1S/C26H28FN3O4S/c1-2-35(32,33)29-23-21(15-19-9-6-10-20(22(19)27)18-7-4-3-5-8-18)30(17-25(23)11-12-25)24(31)26(16-28)13-14-34-26/h3-10,21,23,29H,2,11-15,17H2,1H3/t21-,23+,26?/m0/s1. The molecule has 1 saturated carbocycles. The van der Waals surface area contributed by atoms with Crippen LogP contribution in [-0.4, -0.2) is 55.8 Å². The fourth-order valence-electron chi connectivity index (χ4n) is 5.35. The summed E-state index contributed by atoms with van der Waals surface area (Å²) in [7, 11) is -3.58. The van der Waals surface area contributed by atoms with E-state index in [0.717, 1.165) is 18.4 Å².